The maximum atomic E-state index is 9.59. The molecule has 0 unspecified atom stereocenters. The van der Waals surface area contributed by atoms with Crippen molar-refractivity contribution in [3.8, 4) is 75.1 Å². The monoisotopic (exact) mass is 1390 g/mol. The zero-order valence-electron chi connectivity index (χ0n) is 51.6. The quantitative estimate of drug-likeness (QED) is 0.0861. The summed E-state index contributed by atoms with van der Waals surface area (Å²) in [5.74, 6) is 0. The minimum absolute atomic E-state index is 0.0191. The van der Waals surface area contributed by atoms with Crippen molar-refractivity contribution in [3.05, 3.63) is 264 Å². The normalized spacial score (nSPS) is 13.3. The Hall–Kier alpha value is -9.57. The Morgan fingerprint density at radius 2 is 0.875 bits per heavy atom. The summed E-state index contributed by atoms with van der Waals surface area (Å²) in [5, 5.41) is 38.3. The lowest BCUT2D eigenvalue weighted by atomic mass is 9.65. The van der Waals surface area contributed by atoms with Crippen LogP contribution in [0.15, 0.2) is 186 Å². The van der Waals surface area contributed by atoms with E-state index in [9.17, 15) is 21.0 Å². The van der Waals surface area contributed by atoms with Crippen LogP contribution in [0.25, 0.3) is 115 Å². The summed E-state index contributed by atoms with van der Waals surface area (Å²) in [6.45, 7) is 8.72. The van der Waals surface area contributed by atoms with Gasteiger partial charge in [0.2, 0.25) is 0 Å². The highest BCUT2D eigenvalue weighted by molar-refractivity contribution is 7.98. The molecule has 456 valence electrons. The van der Waals surface area contributed by atoms with Gasteiger partial charge in [0.25, 0.3) is 0 Å². The molecule has 0 fully saturated rings. The number of allylic oxidation sites excluding steroid dienone is 3. The number of nitriles is 4. The number of rotatable bonds is 12. The first kappa shape index (κ1) is 60.1. The third-order valence-corrected chi connectivity index (χ3v) is 28.3. The summed E-state index contributed by atoms with van der Waals surface area (Å²) in [6.07, 6.45) is 7.91. The first-order valence-corrected chi connectivity index (χ1v) is 38.1. The van der Waals surface area contributed by atoms with Crippen molar-refractivity contribution in [1.82, 2.24) is 17.5 Å². The van der Waals surface area contributed by atoms with Crippen molar-refractivity contribution < 1.29 is 0 Å². The van der Waals surface area contributed by atoms with E-state index in [0.717, 1.165) is 60.2 Å². The van der Waals surface area contributed by atoms with Crippen molar-refractivity contribution in [2.24, 2.45) is 0 Å². The van der Waals surface area contributed by atoms with Gasteiger partial charge in [-0.3, -0.25) is 0 Å². The highest BCUT2D eigenvalue weighted by Gasteiger charge is 2.53. The summed E-state index contributed by atoms with van der Waals surface area (Å²) in [7, 11) is 0. The Labute approximate surface area is 589 Å². The summed E-state index contributed by atoms with van der Waals surface area (Å²) >= 11 is 15.2. The van der Waals surface area contributed by atoms with Crippen LogP contribution < -0.4 is 0 Å². The average molecular weight is 1400 g/mol. The molecule has 0 radical (unpaired) electrons. The second-order valence-corrected chi connectivity index (χ2v) is 32.4. The Bertz CT molecular complexity index is 5920. The molecular weight excluding hydrogens is 1350 g/mol. The number of benzene rings is 7. The van der Waals surface area contributed by atoms with E-state index in [2.05, 4.69) is 194 Å². The van der Waals surface area contributed by atoms with Gasteiger partial charge in [-0.15, -0.1) is 79.8 Å². The fourth-order valence-corrected chi connectivity index (χ4v) is 24.0. The molecule has 8 heterocycles. The molecule has 7 aromatic carbocycles. The molecule has 0 saturated carbocycles. The van der Waals surface area contributed by atoms with E-state index < -0.39 is 10.8 Å². The summed E-state index contributed by atoms with van der Waals surface area (Å²) in [4.78, 5) is 10.6. The molecule has 15 aromatic rings. The fourth-order valence-electron chi connectivity index (χ4n) is 14.1. The zero-order chi connectivity index (χ0) is 65.3. The average Bonchev–Trinajstić information content (AvgIpc) is 1.50. The van der Waals surface area contributed by atoms with E-state index >= 15 is 0 Å². The summed E-state index contributed by atoms with van der Waals surface area (Å²) in [6, 6.07) is 71.9. The van der Waals surface area contributed by atoms with E-state index in [1.807, 2.05) is 93.9 Å². The van der Waals surface area contributed by atoms with Gasteiger partial charge in [-0.1, -0.05) is 144 Å². The number of aryl methyl sites for hydroxylation is 4. The minimum atomic E-state index is -0.738. The van der Waals surface area contributed by atoms with Crippen molar-refractivity contribution >= 4 is 168 Å². The van der Waals surface area contributed by atoms with Crippen LogP contribution in [0.3, 0.4) is 0 Å². The van der Waals surface area contributed by atoms with Gasteiger partial charge in [-0.2, -0.15) is 38.5 Å². The molecular formula is C79H46N8S9. The third-order valence-electron chi connectivity index (χ3n) is 18.6. The van der Waals surface area contributed by atoms with E-state index in [0.29, 0.717) is 22.2 Å². The zero-order valence-corrected chi connectivity index (χ0v) is 59.0. The highest BCUT2D eigenvalue weighted by atomic mass is 32.2. The Kier molecular flexibility index (Phi) is 14.6. The topological polar surface area (TPSA) is 147 Å². The molecule has 96 heavy (non-hydrogen) atoms. The van der Waals surface area contributed by atoms with Crippen molar-refractivity contribution in [1.29, 1.82) is 21.0 Å². The number of hydrogen-bond acceptors (Lipinski definition) is 17. The van der Waals surface area contributed by atoms with Gasteiger partial charge < -0.3 is 0 Å². The molecule has 0 atom stereocenters. The van der Waals surface area contributed by atoms with Gasteiger partial charge in [-0.25, -0.2) is 0 Å². The molecule has 2 aliphatic rings. The van der Waals surface area contributed by atoms with Gasteiger partial charge in [0, 0.05) is 76.4 Å². The lowest BCUT2D eigenvalue weighted by molar-refractivity contribution is 0.772. The number of hydrogen-bond donors (Lipinski definition) is 0. The molecule has 8 nitrogen and oxygen atoms in total. The molecule has 0 amide bonds. The highest BCUT2D eigenvalue weighted by Crippen LogP contribution is 2.67. The third kappa shape index (κ3) is 9.22. The van der Waals surface area contributed by atoms with Crippen LogP contribution in [0, 0.1) is 73.0 Å². The standard InChI is InChI=1S/C79H46N8S9/c1-41-6-16-50(17-7-41)78(51-18-8-42(2)9-19-51)57-34-56-58(32-49(57)33-59(78)74-66(88-5)35-64(91-74)62-28-26-60(89-62)54-24-14-47(30-45(37-80)38-81)69-71(54)86-95-84-69)79(52-20-10-43(3)11-21-52,53-22-12-44(4)13-23-53)68-73(56)94-77-75-67(93-76(68)77)36-65(92-75)63-29-27-61(90-63)55-25-15-48(31-46(39-82)40-83)70-72(55)87-96-85-70/h6-36H,1-5H3. The van der Waals surface area contributed by atoms with Gasteiger partial charge in [0.15, 0.2) is 0 Å². The van der Waals surface area contributed by atoms with Gasteiger partial charge in [-0.05, 0) is 151 Å². The van der Waals surface area contributed by atoms with Crippen LogP contribution >= 0.6 is 103 Å². The first-order chi connectivity index (χ1) is 46.9. The number of aromatic nitrogens is 4. The Morgan fingerprint density at radius 1 is 0.406 bits per heavy atom. The first-order valence-electron chi connectivity index (χ1n) is 30.6. The largest absolute Gasteiger partial charge is 0.192 e. The van der Waals surface area contributed by atoms with Gasteiger partial charge in [0.05, 0.1) is 48.4 Å². The molecule has 0 bridgehead atoms. The smallest absolute Gasteiger partial charge is 0.130 e. The van der Waals surface area contributed by atoms with Crippen LogP contribution in [0.1, 0.15) is 82.8 Å². The molecule has 17 rings (SSSR count). The van der Waals surface area contributed by atoms with Gasteiger partial charge >= 0.3 is 0 Å². The van der Waals surface area contributed by atoms with Crippen LogP contribution in [0.4, 0.5) is 0 Å². The van der Waals surface area contributed by atoms with Crippen molar-refractivity contribution in [2.45, 2.75) is 43.4 Å². The number of thioether (sulfide) groups is 1. The Balaban J connectivity index is 0.860. The Morgan fingerprint density at radius 3 is 1.36 bits per heavy atom. The molecule has 2 aliphatic carbocycles. The second-order valence-electron chi connectivity index (χ2n) is 24.1. The van der Waals surface area contributed by atoms with Crippen LogP contribution in [-0.2, 0) is 10.8 Å². The summed E-state index contributed by atoms with van der Waals surface area (Å²) in [5.41, 5.74) is 22.2. The fraction of sp³-hybridized carbons (Fsp3) is 0.0886. The molecule has 0 saturated heterocycles. The maximum absolute atomic E-state index is 9.59. The van der Waals surface area contributed by atoms with E-state index in [1.54, 1.807) is 46.6 Å². The molecule has 0 N–H and O–H groups in total. The van der Waals surface area contributed by atoms with Crippen molar-refractivity contribution in [3.63, 3.8) is 0 Å². The molecule has 0 aliphatic heterocycles. The molecule has 17 heteroatoms. The minimum Gasteiger partial charge on any atom is -0.192 e. The van der Waals surface area contributed by atoms with Crippen LogP contribution in [-0.4, -0.2) is 23.7 Å². The molecule has 0 spiro atoms. The number of thiophene rings is 6. The summed E-state index contributed by atoms with van der Waals surface area (Å²) < 4.78 is 23.9. The van der Waals surface area contributed by atoms with Gasteiger partial charge in [0.1, 0.15) is 57.5 Å². The number of fused-ring (bicyclic) bond motifs is 10. The second kappa shape index (κ2) is 23.4. The predicted octanol–water partition coefficient (Wildman–Crippen LogP) is 23.1. The lowest BCUT2D eigenvalue weighted by Crippen LogP contribution is -2.30. The SMILES string of the molecule is CSc1cc(-c2ccc(-c3ccc(C=C(C#N)C#N)c4nsnc34)s2)sc1C1=Cc2cc3c(cc2C1(c1ccc(C)cc1)c1ccc(C)cc1)-c1sc2c(sc4cc(-c5ccc(-c6ccc(C=C(C#N)C#N)c7nsnc67)s5)sc42)c1C3(c1ccc(C)cc1)c1ccc(C)cc1. The van der Waals surface area contributed by atoms with E-state index in [1.165, 1.54) is 126 Å². The van der Waals surface area contributed by atoms with E-state index in [4.69, 9.17) is 8.75 Å². The molecule has 8 aromatic heterocycles. The maximum Gasteiger partial charge on any atom is 0.130 e. The lowest BCUT2D eigenvalue weighted by Gasteiger charge is -2.37. The van der Waals surface area contributed by atoms with Crippen LogP contribution in [0.5, 0.6) is 0 Å². The number of nitrogens with zero attached hydrogens (tertiary/aromatic N) is 8. The predicted molar refractivity (Wildman–Crippen MR) is 406 cm³/mol. The van der Waals surface area contributed by atoms with Crippen LogP contribution in [0.2, 0.25) is 0 Å². The van der Waals surface area contributed by atoms with Crippen molar-refractivity contribution in [2.75, 3.05) is 6.26 Å². The van der Waals surface area contributed by atoms with E-state index in [-0.39, 0.29) is 11.1 Å².